The molecule has 1 aliphatic heterocycles. The Hall–Kier alpha value is -1.64. The van der Waals surface area contributed by atoms with E-state index >= 15 is 0 Å². The average Bonchev–Trinajstić information content (AvgIpc) is 2.46. The number of nitrogens with one attached hydrogen (secondary N) is 2. The van der Waals surface area contributed by atoms with Crippen LogP contribution in [0.25, 0.3) is 0 Å². The van der Waals surface area contributed by atoms with Gasteiger partial charge in [0.25, 0.3) is 0 Å². The number of nitrogens with zero attached hydrogens (tertiary/aromatic N) is 1. The lowest BCUT2D eigenvalue weighted by molar-refractivity contribution is 0.173. The minimum absolute atomic E-state index is 0.0970. The van der Waals surface area contributed by atoms with Crippen LogP contribution in [0.3, 0.4) is 0 Å². The molecule has 0 spiro atoms. The largest absolute Gasteiger partial charge is 0.383 e. The number of ether oxygens (including phenoxy) is 1. The van der Waals surface area contributed by atoms with E-state index in [2.05, 4.69) is 10.6 Å². The molecule has 0 bridgehead atoms. The molecule has 2 N–H and O–H groups in total. The molecular formula is C15H23N3O4S. The van der Waals surface area contributed by atoms with Crippen molar-refractivity contribution >= 4 is 21.7 Å². The Morgan fingerprint density at radius 2 is 2.17 bits per heavy atom. The van der Waals surface area contributed by atoms with Crippen molar-refractivity contribution in [1.29, 1.82) is 0 Å². The van der Waals surface area contributed by atoms with Crippen molar-refractivity contribution in [3.05, 3.63) is 29.3 Å². The van der Waals surface area contributed by atoms with Crippen LogP contribution in [0.2, 0.25) is 0 Å². The molecule has 1 atom stereocenters. The van der Waals surface area contributed by atoms with Crippen LogP contribution in [-0.2, 0) is 27.7 Å². The van der Waals surface area contributed by atoms with E-state index in [-0.39, 0.29) is 12.1 Å². The van der Waals surface area contributed by atoms with E-state index in [1.165, 1.54) is 10.6 Å². The lowest BCUT2D eigenvalue weighted by Crippen LogP contribution is -2.39. The van der Waals surface area contributed by atoms with E-state index < -0.39 is 10.0 Å². The summed E-state index contributed by atoms with van der Waals surface area (Å²) in [7, 11) is -1.63. The molecule has 1 aliphatic rings. The summed E-state index contributed by atoms with van der Waals surface area (Å²) in [6.07, 6.45) is 1.79. The molecule has 1 aromatic rings. The third-order valence-electron chi connectivity index (χ3n) is 3.74. The second-order valence-corrected chi connectivity index (χ2v) is 7.73. The summed E-state index contributed by atoms with van der Waals surface area (Å²) in [5, 5.41) is 5.63. The second kappa shape index (κ2) is 7.29. The van der Waals surface area contributed by atoms with Gasteiger partial charge < -0.3 is 15.4 Å². The maximum atomic E-state index is 12.0. The van der Waals surface area contributed by atoms with Crippen LogP contribution in [0.15, 0.2) is 18.2 Å². The molecule has 128 valence electrons. The summed E-state index contributed by atoms with van der Waals surface area (Å²) in [5.74, 6) is 0. The van der Waals surface area contributed by atoms with Crippen molar-refractivity contribution in [2.75, 3.05) is 31.8 Å². The molecule has 1 heterocycles. The molecule has 7 nitrogen and oxygen atoms in total. The fourth-order valence-electron chi connectivity index (χ4n) is 2.66. The average molecular weight is 341 g/mol. The first-order valence-electron chi connectivity index (χ1n) is 7.43. The molecule has 8 heteroatoms. The number of benzene rings is 1. The van der Waals surface area contributed by atoms with Gasteiger partial charge in [0, 0.05) is 25.9 Å². The number of fused-ring (bicyclic) bond motifs is 1. The van der Waals surface area contributed by atoms with E-state index in [1.807, 2.05) is 25.1 Å². The maximum absolute atomic E-state index is 12.0. The van der Waals surface area contributed by atoms with Crippen molar-refractivity contribution in [2.45, 2.75) is 25.9 Å². The highest BCUT2D eigenvalue weighted by Crippen LogP contribution is 2.27. The predicted octanol–water partition coefficient (Wildman–Crippen LogP) is 1.16. The minimum Gasteiger partial charge on any atom is -0.383 e. The topological polar surface area (TPSA) is 87.7 Å². The Kier molecular flexibility index (Phi) is 5.61. The highest BCUT2D eigenvalue weighted by atomic mass is 32.2. The number of carbonyl (C=O) groups is 1. The van der Waals surface area contributed by atoms with Gasteiger partial charge in [-0.25, -0.2) is 13.2 Å². The van der Waals surface area contributed by atoms with Gasteiger partial charge in [-0.3, -0.25) is 0 Å². The number of urea groups is 1. The molecule has 0 aliphatic carbocycles. The van der Waals surface area contributed by atoms with Crippen LogP contribution >= 0.6 is 0 Å². The summed E-state index contributed by atoms with van der Waals surface area (Å²) in [6, 6.07) is 5.14. The first-order chi connectivity index (χ1) is 10.8. The fourth-order valence-corrected chi connectivity index (χ4v) is 3.45. The second-order valence-electron chi connectivity index (χ2n) is 5.74. The molecule has 0 radical (unpaired) electrons. The normalized spacial score (nSPS) is 16.5. The summed E-state index contributed by atoms with van der Waals surface area (Å²) < 4.78 is 29.8. The predicted molar refractivity (Wildman–Crippen MR) is 88.9 cm³/mol. The van der Waals surface area contributed by atoms with Crippen LogP contribution in [0.4, 0.5) is 10.5 Å². The van der Waals surface area contributed by atoms with Crippen molar-refractivity contribution in [1.82, 2.24) is 9.62 Å². The Bertz CT molecular complexity index is 675. The zero-order valence-electron chi connectivity index (χ0n) is 13.6. The van der Waals surface area contributed by atoms with Gasteiger partial charge in [0.05, 0.1) is 18.9 Å². The lowest BCUT2D eigenvalue weighted by Gasteiger charge is -2.28. The van der Waals surface area contributed by atoms with E-state index in [9.17, 15) is 13.2 Å². The molecule has 0 saturated carbocycles. The summed E-state index contributed by atoms with van der Waals surface area (Å²) in [5.41, 5.74) is 2.63. The number of amides is 2. The first-order valence-corrected chi connectivity index (χ1v) is 9.28. The summed E-state index contributed by atoms with van der Waals surface area (Å²) in [4.78, 5) is 12.0. The van der Waals surface area contributed by atoms with E-state index in [0.29, 0.717) is 26.1 Å². The zero-order valence-corrected chi connectivity index (χ0v) is 14.4. The van der Waals surface area contributed by atoms with Crippen molar-refractivity contribution in [3.8, 4) is 0 Å². The molecule has 23 heavy (non-hydrogen) atoms. The van der Waals surface area contributed by atoms with Gasteiger partial charge in [0.15, 0.2) is 0 Å². The standard InChI is InChI=1S/C15H23N3O4S/c1-11(10-22-2)16-15(19)17-14-6-4-5-12-9-18(23(3,20)21)8-7-13(12)14/h4-6,11H,7-10H2,1-3H3,(H2,16,17,19). The first kappa shape index (κ1) is 17.7. The fraction of sp³-hybridized carbons (Fsp3) is 0.533. The highest BCUT2D eigenvalue weighted by Gasteiger charge is 2.25. The molecule has 1 aromatic carbocycles. The smallest absolute Gasteiger partial charge is 0.319 e. The van der Waals surface area contributed by atoms with Crippen LogP contribution in [-0.4, -0.2) is 51.3 Å². The van der Waals surface area contributed by atoms with E-state index in [4.69, 9.17) is 4.74 Å². The van der Waals surface area contributed by atoms with Crippen molar-refractivity contribution in [3.63, 3.8) is 0 Å². The van der Waals surface area contributed by atoms with Crippen LogP contribution in [0, 0.1) is 0 Å². The zero-order chi connectivity index (χ0) is 17.0. The lowest BCUT2D eigenvalue weighted by atomic mass is 9.99. The van der Waals surface area contributed by atoms with Gasteiger partial charge in [0.2, 0.25) is 10.0 Å². The van der Waals surface area contributed by atoms with Gasteiger partial charge >= 0.3 is 6.03 Å². The molecule has 0 aromatic heterocycles. The molecule has 1 unspecified atom stereocenters. The number of methoxy groups -OCH3 is 1. The highest BCUT2D eigenvalue weighted by molar-refractivity contribution is 7.88. The number of anilines is 1. The van der Waals surface area contributed by atoms with Crippen LogP contribution < -0.4 is 10.6 Å². The Balaban J connectivity index is 2.10. The van der Waals surface area contributed by atoms with E-state index in [1.54, 1.807) is 7.11 Å². The molecular weight excluding hydrogens is 318 g/mol. The summed E-state index contributed by atoms with van der Waals surface area (Å²) >= 11 is 0. The van der Waals surface area contributed by atoms with Crippen molar-refractivity contribution < 1.29 is 17.9 Å². The monoisotopic (exact) mass is 341 g/mol. The SMILES string of the molecule is COCC(C)NC(=O)Nc1cccc2c1CCN(S(C)(=O)=O)C2. The Labute approximate surface area is 137 Å². The van der Waals surface area contributed by atoms with Crippen LogP contribution in [0.5, 0.6) is 0 Å². The summed E-state index contributed by atoms with van der Waals surface area (Å²) in [6.45, 7) is 3.05. The maximum Gasteiger partial charge on any atom is 0.319 e. The van der Waals surface area contributed by atoms with Gasteiger partial charge in [-0.1, -0.05) is 12.1 Å². The third-order valence-corrected chi connectivity index (χ3v) is 4.99. The number of hydrogen-bond donors (Lipinski definition) is 2. The van der Waals surface area contributed by atoms with Crippen molar-refractivity contribution in [2.24, 2.45) is 0 Å². The molecule has 2 amide bonds. The number of hydrogen-bond acceptors (Lipinski definition) is 4. The Morgan fingerprint density at radius 1 is 1.43 bits per heavy atom. The van der Waals surface area contributed by atoms with Gasteiger partial charge in [-0.2, -0.15) is 4.31 Å². The minimum atomic E-state index is -3.21. The van der Waals surface area contributed by atoms with Crippen LogP contribution in [0.1, 0.15) is 18.1 Å². The number of sulfonamides is 1. The molecule has 0 fully saturated rings. The third kappa shape index (κ3) is 4.66. The number of carbonyl (C=O) groups excluding carboxylic acids is 1. The van der Waals surface area contributed by atoms with Gasteiger partial charge in [-0.05, 0) is 30.5 Å². The molecule has 0 saturated heterocycles. The van der Waals surface area contributed by atoms with E-state index in [0.717, 1.165) is 16.8 Å². The molecule has 2 rings (SSSR count). The van der Waals surface area contributed by atoms with Gasteiger partial charge in [0.1, 0.15) is 0 Å². The number of rotatable bonds is 5. The quantitative estimate of drug-likeness (QED) is 0.841. The van der Waals surface area contributed by atoms with Gasteiger partial charge in [-0.15, -0.1) is 0 Å². The Morgan fingerprint density at radius 3 is 2.83 bits per heavy atom.